The Morgan fingerprint density at radius 3 is 2.65 bits per heavy atom. The van der Waals surface area contributed by atoms with E-state index in [-0.39, 0.29) is 18.1 Å². The zero-order valence-electron chi connectivity index (χ0n) is 11.0. The van der Waals surface area contributed by atoms with Gasteiger partial charge in [0.25, 0.3) is 0 Å². The molecule has 1 aromatic rings. The number of ether oxygens (including phenoxy) is 1. The van der Waals surface area contributed by atoms with Crippen LogP contribution in [0.3, 0.4) is 0 Å². The number of likely N-dealkylation sites (tertiary alicyclic amines) is 1. The van der Waals surface area contributed by atoms with Gasteiger partial charge in [-0.3, -0.25) is 4.90 Å². The normalized spacial score (nSPS) is 31.5. The third kappa shape index (κ3) is 2.08. The minimum Gasteiger partial charge on any atom is -0.465 e. The number of hydrogen-bond donors (Lipinski definition) is 1. The van der Waals surface area contributed by atoms with Crippen LogP contribution in [0.2, 0.25) is 0 Å². The molecule has 1 N–H and O–H groups in total. The molecule has 5 nitrogen and oxygen atoms in total. The van der Waals surface area contributed by atoms with Crippen molar-refractivity contribution in [1.82, 2.24) is 4.90 Å². The first-order valence-electron chi connectivity index (χ1n) is 6.84. The largest absolute Gasteiger partial charge is 0.465 e. The predicted octanol–water partition coefficient (Wildman–Crippen LogP) is 1.91. The SMILES string of the molecule is O=C[C@H]1C(OCc2ccccc2)[C@H]2CC[C@H]2N1C(=O)O. The molecule has 1 aliphatic heterocycles. The molecule has 0 radical (unpaired) electrons. The number of fused-ring (bicyclic) bond motifs is 1. The molecule has 1 aromatic carbocycles. The molecule has 1 saturated heterocycles. The van der Waals surface area contributed by atoms with Gasteiger partial charge in [0.05, 0.1) is 12.7 Å². The molecule has 1 amide bonds. The number of hydrogen-bond acceptors (Lipinski definition) is 3. The molecule has 3 rings (SSSR count). The van der Waals surface area contributed by atoms with Gasteiger partial charge in [-0.05, 0) is 18.4 Å². The lowest BCUT2D eigenvalue weighted by Crippen LogP contribution is -2.45. The fourth-order valence-corrected chi connectivity index (χ4v) is 3.27. The van der Waals surface area contributed by atoms with Crippen LogP contribution in [0.15, 0.2) is 30.3 Å². The van der Waals surface area contributed by atoms with Crippen LogP contribution >= 0.6 is 0 Å². The molecular weight excluding hydrogens is 258 g/mol. The summed E-state index contributed by atoms with van der Waals surface area (Å²) in [7, 11) is 0. The molecule has 4 atom stereocenters. The molecular formula is C15H17NO4. The number of nitrogens with zero attached hydrogens (tertiary/aromatic N) is 1. The number of benzene rings is 1. The summed E-state index contributed by atoms with van der Waals surface area (Å²) < 4.78 is 5.87. The van der Waals surface area contributed by atoms with Gasteiger partial charge in [0.2, 0.25) is 0 Å². The molecule has 0 bridgehead atoms. The summed E-state index contributed by atoms with van der Waals surface area (Å²) in [4.78, 5) is 23.8. The van der Waals surface area contributed by atoms with Crippen molar-refractivity contribution < 1.29 is 19.4 Å². The number of carbonyl (C=O) groups is 2. The molecule has 1 saturated carbocycles. The number of carbonyl (C=O) groups excluding carboxylic acids is 1. The van der Waals surface area contributed by atoms with Gasteiger partial charge >= 0.3 is 6.09 Å². The van der Waals surface area contributed by atoms with Gasteiger partial charge in [-0.2, -0.15) is 0 Å². The molecule has 106 valence electrons. The molecule has 1 heterocycles. The van der Waals surface area contributed by atoms with E-state index >= 15 is 0 Å². The van der Waals surface area contributed by atoms with Crippen molar-refractivity contribution in [3.8, 4) is 0 Å². The minimum absolute atomic E-state index is 0.0523. The Morgan fingerprint density at radius 1 is 1.35 bits per heavy atom. The van der Waals surface area contributed by atoms with E-state index in [1.54, 1.807) is 0 Å². The van der Waals surface area contributed by atoms with Gasteiger partial charge in [0.15, 0.2) is 0 Å². The Labute approximate surface area is 117 Å². The molecule has 20 heavy (non-hydrogen) atoms. The van der Waals surface area contributed by atoms with Crippen molar-refractivity contribution in [2.45, 2.75) is 37.6 Å². The highest BCUT2D eigenvalue weighted by Crippen LogP contribution is 2.45. The van der Waals surface area contributed by atoms with Crippen molar-refractivity contribution in [3.63, 3.8) is 0 Å². The van der Waals surface area contributed by atoms with Crippen LogP contribution in [-0.4, -0.2) is 40.6 Å². The molecule has 1 aliphatic carbocycles. The second-order valence-corrected chi connectivity index (χ2v) is 5.39. The van der Waals surface area contributed by atoms with Crippen LogP contribution in [-0.2, 0) is 16.1 Å². The average Bonchev–Trinajstić information content (AvgIpc) is 2.64. The predicted molar refractivity (Wildman–Crippen MR) is 71.2 cm³/mol. The van der Waals surface area contributed by atoms with Crippen LogP contribution in [0.25, 0.3) is 0 Å². The zero-order valence-corrected chi connectivity index (χ0v) is 11.0. The summed E-state index contributed by atoms with van der Waals surface area (Å²) in [6.45, 7) is 0.409. The number of amides is 1. The van der Waals surface area contributed by atoms with E-state index in [1.807, 2.05) is 30.3 Å². The van der Waals surface area contributed by atoms with Crippen LogP contribution < -0.4 is 0 Å². The van der Waals surface area contributed by atoms with E-state index in [4.69, 9.17) is 4.74 Å². The Bertz CT molecular complexity index is 504. The highest BCUT2D eigenvalue weighted by Gasteiger charge is 2.56. The first kappa shape index (κ1) is 13.1. The minimum atomic E-state index is -1.03. The van der Waals surface area contributed by atoms with Crippen molar-refractivity contribution in [1.29, 1.82) is 0 Å². The standard InChI is InChI=1S/C15H17NO4/c17-8-13-14(20-9-10-4-2-1-3-5-10)11-6-7-12(11)16(13)15(18)19/h1-5,8,11-14H,6-7,9H2,(H,18,19)/t11-,12+,13-,14?/m0/s1. The van der Waals surface area contributed by atoms with Gasteiger partial charge in [0.1, 0.15) is 12.3 Å². The monoisotopic (exact) mass is 275 g/mol. The summed E-state index contributed by atoms with van der Waals surface area (Å²) in [5, 5.41) is 9.25. The van der Waals surface area contributed by atoms with E-state index in [0.29, 0.717) is 12.9 Å². The van der Waals surface area contributed by atoms with E-state index in [1.165, 1.54) is 4.90 Å². The maximum atomic E-state index is 11.3. The smallest absolute Gasteiger partial charge is 0.408 e. The Hall–Kier alpha value is -1.88. The molecule has 2 aliphatic rings. The lowest BCUT2D eigenvalue weighted by atomic mass is 9.78. The molecule has 0 aromatic heterocycles. The summed E-state index contributed by atoms with van der Waals surface area (Å²) in [5.41, 5.74) is 1.03. The molecule has 2 fully saturated rings. The van der Waals surface area contributed by atoms with E-state index in [0.717, 1.165) is 18.4 Å². The third-order valence-electron chi connectivity index (χ3n) is 4.37. The Kier molecular flexibility index (Phi) is 3.44. The highest BCUT2D eigenvalue weighted by atomic mass is 16.5. The summed E-state index contributed by atoms with van der Waals surface area (Å²) >= 11 is 0. The van der Waals surface area contributed by atoms with Gasteiger partial charge in [0, 0.05) is 12.0 Å². The number of rotatable bonds is 4. The van der Waals surface area contributed by atoms with Crippen LogP contribution in [0, 0.1) is 5.92 Å². The van der Waals surface area contributed by atoms with Gasteiger partial charge in [-0.25, -0.2) is 4.79 Å². The van der Waals surface area contributed by atoms with Crippen molar-refractivity contribution in [2.24, 2.45) is 5.92 Å². The topological polar surface area (TPSA) is 66.8 Å². The summed E-state index contributed by atoms with van der Waals surface area (Å²) in [6, 6.07) is 8.98. The molecule has 1 unspecified atom stereocenters. The first-order chi connectivity index (χ1) is 9.72. The van der Waals surface area contributed by atoms with Crippen molar-refractivity contribution in [2.75, 3.05) is 0 Å². The lowest BCUT2D eigenvalue weighted by Gasteiger charge is -2.35. The van der Waals surface area contributed by atoms with E-state index in [2.05, 4.69) is 0 Å². The molecule has 5 heteroatoms. The zero-order chi connectivity index (χ0) is 14.1. The second-order valence-electron chi connectivity index (χ2n) is 5.39. The average molecular weight is 275 g/mol. The fraction of sp³-hybridized carbons (Fsp3) is 0.467. The number of carboxylic acid groups (broad SMARTS) is 1. The Balaban J connectivity index is 1.72. The second kappa shape index (κ2) is 5.25. The van der Waals surface area contributed by atoms with Crippen molar-refractivity contribution in [3.05, 3.63) is 35.9 Å². The van der Waals surface area contributed by atoms with Crippen molar-refractivity contribution >= 4 is 12.4 Å². The Morgan fingerprint density at radius 2 is 2.10 bits per heavy atom. The lowest BCUT2D eigenvalue weighted by molar-refractivity contribution is -0.115. The van der Waals surface area contributed by atoms with Crippen LogP contribution in [0.4, 0.5) is 4.79 Å². The first-order valence-corrected chi connectivity index (χ1v) is 6.84. The van der Waals surface area contributed by atoms with Gasteiger partial charge in [-0.1, -0.05) is 30.3 Å². The number of aldehydes is 1. The maximum Gasteiger partial charge on any atom is 0.408 e. The summed E-state index contributed by atoms with van der Waals surface area (Å²) in [5.74, 6) is 0.157. The van der Waals surface area contributed by atoms with E-state index in [9.17, 15) is 14.7 Å². The fourth-order valence-electron chi connectivity index (χ4n) is 3.27. The van der Waals surface area contributed by atoms with Gasteiger partial charge in [-0.15, -0.1) is 0 Å². The van der Waals surface area contributed by atoms with E-state index < -0.39 is 12.1 Å². The quantitative estimate of drug-likeness (QED) is 0.852. The van der Waals surface area contributed by atoms with Crippen LogP contribution in [0.5, 0.6) is 0 Å². The summed E-state index contributed by atoms with van der Waals surface area (Å²) in [6.07, 6.45) is 1.12. The maximum absolute atomic E-state index is 11.3. The molecule has 0 spiro atoms. The van der Waals surface area contributed by atoms with Gasteiger partial charge < -0.3 is 14.6 Å². The van der Waals surface area contributed by atoms with Crippen LogP contribution in [0.1, 0.15) is 18.4 Å². The highest BCUT2D eigenvalue weighted by molar-refractivity contribution is 5.74. The third-order valence-corrected chi connectivity index (χ3v) is 4.37.